The summed E-state index contributed by atoms with van der Waals surface area (Å²) in [5, 5.41) is 0.784. The van der Waals surface area contributed by atoms with E-state index in [2.05, 4.69) is 28.1 Å². The molecule has 0 saturated carbocycles. The van der Waals surface area contributed by atoms with Gasteiger partial charge in [0.2, 0.25) is 0 Å². The van der Waals surface area contributed by atoms with Crippen LogP contribution in [0.25, 0.3) is 0 Å². The standard InChI is InChI=1S/C15H15BrClNS2/c16-11-2-1-9(12(17)7-11)5-13(18)15-6-10-8-19-4-3-14(10)20-15/h1-2,6-7,13H,3-5,8,18H2. The van der Waals surface area contributed by atoms with E-state index in [-0.39, 0.29) is 6.04 Å². The number of hydrogen-bond donors (Lipinski definition) is 1. The number of rotatable bonds is 3. The molecule has 5 heteroatoms. The van der Waals surface area contributed by atoms with E-state index in [0.29, 0.717) is 0 Å². The maximum Gasteiger partial charge on any atom is 0.0449 e. The molecular formula is C15H15BrClNS2. The molecule has 0 amide bonds. The van der Waals surface area contributed by atoms with Gasteiger partial charge in [-0.3, -0.25) is 0 Å². The Balaban J connectivity index is 1.78. The Morgan fingerprint density at radius 2 is 2.20 bits per heavy atom. The maximum absolute atomic E-state index is 6.38. The van der Waals surface area contributed by atoms with Gasteiger partial charge in [0.1, 0.15) is 0 Å². The molecule has 2 N–H and O–H groups in total. The molecule has 3 rings (SSSR count). The summed E-state index contributed by atoms with van der Waals surface area (Å²) in [5.41, 5.74) is 8.98. The molecule has 1 atom stereocenters. The van der Waals surface area contributed by atoms with Gasteiger partial charge in [-0.1, -0.05) is 33.6 Å². The lowest BCUT2D eigenvalue weighted by atomic mass is 10.0. The molecule has 0 bridgehead atoms. The molecule has 1 aromatic carbocycles. The van der Waals surface area contributed by atoms with Crippen molar-refractivity contribution in [2.24, 2.45) is 5.73 Å². The lowest BCUT2D eigenvalue weighted by Crippen LogP contribution is -2.12. The maximum atomic E-state index is 6.38. The van der Waals surface area contributed by atoms with Crippen LogP contribution in [-0.2, 0) is 18.6 Å². The van der Waals surface area contributed by atoms with Crippen molar-refractivity contribution >= 4 is 50.6 Å². The van der Waals surface area contributed by atoms with Crippen LogP contribution in [0.2, 0.25) is 5.02 Å². The Morgan fingerprint density at radius 3 is 2.95 bits per heavy atom. The van der Waals surface area contributed by atoms with E-state index in [9.17, 15) is 0 Å². The largest absolute Gasteiger partial charge is 0.323 e. The summed E-state index contributed by atoms with van der Waals surface area (Å²) in [4.78, 5) is 2.81. The van der Waals surface area contributed by atoms with Crippen molar-refractivity contribution < 1.29 is 0 Å². The van der Waals surface area contributed by atoms with Crippen molar-refractivity contribution in [3.05, 3.63) is 54.6 Å². The van der Waals surface area contributed by atoms with Crippen LogP contribution in [0.5, 0.6) is 0 Å². The number of thioether (sulfide) groups is 1. The van der Waals surface area contributed by atoms with Gasteiger partial charge in [0.25, 0.3) is 0 Å². The zero-order chi connectivity index (χ0) is 14.1. The first kappa shape index (κ1) is 14.9. The molecule has 1 nitrogen and oxygen atoms in total. The minimum absolute atomic E-state index is 0.0364. The average Bonchev–Trinajstić information content (AvgIpc) is 2.86. The van der Waals surface area contributed by atoms with E-state index in [4.69, 9.17) is 17.3 Å². The number of benzene rings is 1. The Kier molecular flexibility index (Phi) is 4.78. The van der Waals surface area contributed by atoms with Gasteiger partial charge in [-0.15, -0.1) is 11.3 Å². The second-order valence-corrected chi connectivity index (χ2v) is 8.54. The van der Waals surface area contributed by atoms with Crippen LogP contribution in [0.1, 0.15) is 26.9 Å². The highest BCUT2D eigenvalue weighted by molar-refractivity contribution is 9.10. The zero-order valence-electron chi connectivity index (χ0n) is 10.9. The molecule has 1 aliphatic heterocycles. The Bertz CT molecular complexity index is 603. The predicted octanol–water partition coefficient (Wildman–Crippen LogP) is 5.20. The average molecular weight is 389 g/mol. The van der Waals surface area contributed by atoms with Crippen molar-refractivity contribution in [3.8, 4) is 0 Å². The highest BCUT2D eigenvalue weighted by Gasteiger charge is 2.18. The van der Waals surface area contributed by atoms with Gasteiger partial charge in [0.05, 0.1) is 0 Å². The van der Waals surface area contributed by atoms with Gasteiger partial charge in [-0.05, 0) is 47.9 Å². The third-order valence-electron chi connectivity index (χ3n) is 3.47. The van der Waals surface area contributed by atoms with Gasteiger partial charge in [0.15, 0.2) is 0 Å². The van der Waals surface area contributed by atoms with Gasteiger partial charge in [-0.2, -0.15) is 11.8 Å². The monoisotopic (exact) mass is 387 g/mol. The van der Waals surface area contributed by atoms with Gasteiger partial charge < -0.3 is 5.73 Å². The van der Waals surface area contributed by atoms with Gasteiger partial charge in [-0.25, -0.2) is 0 Å². The number of hydrogen-bond acceptors (Lipinski definition) is 3. The molecule has 1 unspecified atom stereocenters. The van der Waals surface area contributed by atoms with E-state index in [1.54, 1.807) is 0 Å². The number of nitrogens with two attached hydrogens (primary N) is 1. The third-order valence-corrected chi connectivity index (χ3v) is 6.69. The van der Waals surface area contributed by atoms with E-state index in [1.807, 2.05) is 35.2 Å². The molecule has 20 heavy (non-hydrogen) atoms. The van der Waals surface area contributed by atoms with Gasteiger partial charge in [0, 0.05) is 31.0 Å². The smallest absolute Gasteiger partial charge is 0.0449 e. The predicted molar refractivity (Wildman–Crippen MR) is 94.0 cm³/mol. The molecule has 0 radical (unpaired) electrons. The molecular weight excluding hydrogens is 374 g/mol. The first-order valence-electron chi connectivity index (χ1n) is 6.52. The minimum Gasteiger partial charge on any atom is -0.323 e. The van der Waals surface area contributed by atoms with Crippen LogP contribution in [-0.4, -0.2) is 5.75 Å². The van der Waals surface area contributed by atoms with E-state index < -0.39 is 0 Å². The first-order valence-corrected chi connectivity index (χ1v) is 9.66. The highest BCUT2D eigenvalue weighted by Crippen LogP contribution is 2.35. The van der Waals surface area contributed by atoms with Crippen LogP contribution in [0.15, 0.2) is 28.7 Å². The molecule has 1 aromatic heterocycles. The van der Waals surface area contributed by atoms with Crippen LogP contribution >= 0.6 is 50.6 Å². The second-order valence-electron chi connectivity index (χ2n) is 4.95. The Labute approximate surface area is 141 Å². The van der Waals surface area contributed by atoms with Crippen LogP contribution in [0.3, 0.4) is 0 Å². The van der Waals surface area contributed by atoms with Gasteiger partial charge >= 0.3 is 0 Å². The molecule has 0 aliphatic carbocycles. The quantitative estimate of drug-likeness (QED) is 0.782. The molecule has 0 saturated heterocycles. The molecule has 2 aromatic rings. The van der Waals surface area contributed by atoms with Crippen molar-refractivity contribution in [2.45, 2.75) is 24.6 Å². The highest BCUT2D eigenvalue weighted by atomic mass is 79.9. The summed E-state index contributed by atoms with van der Waals surface area (Å²) in [5.74, 6) is 2.37. The summed E-state index contributed by atoms with van der Waals surface area (Å²) in [6.07, 6.45) is 1.98. The molecule has 0 spiro atoms. The molecule has 2 heterocycles. The van der Waals surface area contributed by atoms with Crippen LogP contribution in [0.4, 0.5) is 0 Å². The first-order chi connectivity index (χ1) is 9.63. The minimum atomic E-state index is 0.0364. The Hall–Kier alpha value is -0.000000000000000111. The summed E-state index contributed by atoms with van der Waals surface area (Å²) in [6.45, 7) is 0. The summed E-state index contributed by atoms with van der Waals surface area (Å²) < 4.78 is 1.00. The lowest BCUT2D eigenvalue weighted by Gasteiger charge is -2.11. The van der Waals surface area contributed by atoms with Crippen molar-refractivity contribution in [1.82, 2.24) is 0 Å². The molecule has 0 fully saturated rings. The van der Waals surface area contributed by atoms with Crippen LogP contribution in [0, 0.1) is 0 Å². The fourth-order valence-corrected chi connectivity index (χ4v) is 5.51. The summed E-state index contributed by atoms with van der Waals surface area (Å²) in [7, 11) is 0. The van der Waals surface area contributed by atoms with E-state index in [1.165, 1.54) is 27.5 Å². The number of fused-ring (bicyclic) bond motifs is 1. The topological polar surface area (TPSA) is 26.0 Å². The van der Waals surface area contributed by atoms with Crippen LogP contribution < -0.4 is 5.73 Å². The summed E-state index contributed by atoms with van der Waals surface area (Å²) >= 11 is 13.6. The zero-order valence-corrected chi connectivity index (χ0v) is 14.8. The third kappa shape index (κ3) is 3.25. The second kappa shape index (κ2) is 6.41. The summed E-state index contributed by atoms with van der Waals surface area (Å²) in [6, 6.07) is 8.33. The van der Waals surface area contributed by atoms with Crippen molar-refractivity contribution in [3.63, 3.8) is 0 Å². The van der Waals surface area contributed by atoms with Crippen molar-refractivity contribution in [1.29, 1.82) is 0 Å². The number of thiophene rings is 1. The van der Waals surface area contributed by atoms with E-state index >= 15 is 0 Å². The Morgan fingerprint density at radius 1 is 1.35 bits per heavy atom. The fourth-order valence-electron chi connectivity index (χ4n) is 2.38. The van der Waals surface area contributed by atoms with Crippen molar-refractivity contribution in [2.75, 3.05) is 5.75 Å². The number of aryl methyl sites for hydroxylation is 1. The fraction of sp³-hybridized carbons (Fsp3) is 0.333. The normalized spacial score (nSPS) is 15.9. The number of halogens is 2. The SMILES string of the molecule is NC(Cc1ccc(Br)cc1Cl)c1cc2c(s1)CCSC2. The molecule has 1 aliphatic rings. The molecule has 106 valence electrons. The lowest BCUT2D eigenvalue weighted by molar-refractivity contribution is 0.736. The van der Waals surface area contributed by atoms with E-state index in [0.717, 1.165) is 27.2 Å².